The number of fused-ring (bicyclic) bond motifs is 4. The van der Waals surface area contributed by atoms with Gasteiger partial charge in [-0.2, -0.15) is 5.10 Å². The molecule has 9 heteroatoms. The number of aliphatic hydroxyl groups excluding tert-OH is 1. The Morgan fingerprint density at radius 2 is 2.09 bits per heavy atom. The first-order valence-electron chi connectivity index (χ1n) is 10.8. The van der Waals surface area contributed by atoms with Crippen molar-refractivity contribution >= 4 is 11.5 Å². The molecule has 0 fully saturated rings. The fraction of sp³-hybridized carbons (Fsp3) is 0.478. The van der Waals surface area contributed by atoms with E-state index in [1.807, 2.05) is 56.3 Å². The third-order valence-corrected chi connectivity index (χ3v) is 5.08. The fourth-order valence-corrected chi connectivity index (χ4v) is 3.65. The van der Waals surface area contributed by atoms with Crippen molar-refractivity contribution in [3.05, 3.63) is 42.2 Å². The average Bonchev–Trinajstić information content (AvgIpc) is 3.14. The summed E-state index contributed by atoms with van der Waals surface area (Å²) in [6.45, 7) is 8.24. The summed E-state index contributed by atoms with van der Waals surface area (Å²) in [5.74, 6) is 1.47. The van der Waals surface area contributed by atoms with E-state index < -0.39 is 12.0 Å². The van der Waals surface area contributed by atoms with Gasteiger partial charge < -0.3 is 24.6 Å². The molecule has 4 rings (SSSR count). The second-order valence-corrected chi connectivity index (χ2v) is 8.81. The van der Waals surface area contributed by atoms with Crippen LogP contribution in [0, 0.1) is 0 Å². The normalized spacial score (nSPS) is 16.4. The van der Waals surface area contributed by atoms with E-state index in [4.69, 9.17) is 19.2 Å². The molecule has 3 aromatic rings. The van der Waals surface area contributed by atoms with Crippen LogP contribution >= 0.6 is 0 Å². The van der Waals surface area contributed by atoms with Gasteiger partial charge in [-0.3, -0.25) is 4.90 Å². The monoisotopic (exact) mass is 441 g/mol. The third kappa shape index (κ3) is 5.36. The van der Waals surface area contributed by atoms with Gasteiger partial charge in [0.2, 0.25) is 6.41 Å². The van der Waals surface area contributed by atoms with Crippen LogP contribution in [0.25, 0.3) is 16.8 Å². The Morgan fingerprint density at radius 3 is 2.88 bits per heavy atom. The van der Waals surface area contributed by atoms with Crippen molar-refractivity contribution in [2.75, 3.05) is 38.7 Å². The second-order valence-electron chi connectivity index (χ2n) is 8.81. The molecule has 2 aromatic heterocycles. The van der Waals surface area contributed by atoms with Crippen molar-refractivity contribution in [2.24, 2.45) is 0 Å². The van der Waals surface area contributed by atoms with Crippen LogP contribution < -0.4 is 10.1 Å². The van der Waals surface area contributed by atoms with E-state index in [0.29, 0.717) is 32.8 Å². The number of hydrogen-bond donors (Lipinski definition) is 2. The van der Waals surface area contributed by atoms with Crippen LogP contribution in [-0.2, 0) is 16.1 Å². The lowest BCUT2D eigenvalue weighted by atomic mass is 10.1. The molecule has 1 unspecified atom stereocenters. The zero-order valence-corrected chi connectivity index (χ0v) is 19.0. The van der Waals surface area contributed by atoms with Gasteiger partial charge in [0.05, 0.1) is 18.4 Å². The van der Waals surface area contributed by atoms with Crippen LogP contribution in [0.2, 0.25) is 0 Å². The van der Waals surface area contributed by atoms with E-state index in [1.165, 1.54) is 0 Å². The molecule has 0 radical (unpaired) electrons. The summed E-state index contributed by atoms with van der Waals surface area (Å²) in [7, 11) is 1.67. The van der Waals surface area contributed by atoms with E-state index in [9.17, 15) is 5.11 Å². The zero-order valence-electron chi connectivity index (χ0n) is 19.0. The van der Waals surface area contributed by atoms with Crippen molar-refractivity contribution in [1.29, 1.82) is 0 Å². The molecule has 1 atom stereocenters. The molecule has 0 aliphatic carbocycles. The van der Waals surface area contributed by atoms with Gasteiger partial charge in [-0.05, 0) is 56.2 Å². The number of nitrogens with one attached hydrogen (secondary N) is 1. The molecule has 4 bridgehead atoms. The summed E-state index contributed by atoms with van der Waals surface area (Å²) in [5.41, 5.74) is 3.15. The first-order valence-corrected chi connectivity index (χ1v) is 10.8. The Balaban J connectivity index is 1.69. The number of hydrogen-bond acceptors (Lipinski definition) is 8. The molecule has 1 aliphatic rings. The maximum absolute atomic E-state index is 10.7. The Labute approximate surface area is 187 Å². The third-order valence-electron chi connectivity index (χ3n) is 5.08. The summed E-state index contributed by atoms with van der Waals surface area (Å²) in [4.78, 5) is 6.61. The minimum absolute atomic E-state index is 0.396. The predicted molar refractivity (Wildman–Crippen MR) is 122 cm³/mol. The molecular formula is C23H31N5O4. The van der Waals surface area contributed by atoms with E-state index >= 15 is 0 Å². The summed E-state index contributed by atoms with van der Waals surface area (Å²) in [5, 5.41) is 18.4. The van der Waals surface area contributed by atoms with Crippen LogP contribution in [0.1, 0.15) is 26.3 Å². The highest BCUT2D eigenvalue weighted by Gasteiger charge is 2.23. The molecule has 2 N–H and O–H groups in total. The standard InChI is InChI=1S/C23H31N5O4/c1-23(2,3)32-22(29)27-8-6-24-20-5-7-28-21(26-20)19(14-25-28)17-11-16(15-30-4)12-18(13-17)31-10-9-27/h5,7,11-14,22,29H,6,8-10,15H2,1-4H3,(H,24,26). The average molecular weight is 442 g/mol. The van der Waals surface area contributed by atoms with E-state index in [2.05, 4.69) is 16.5 Å². The van der Waals surface area contributed by atoms with Crippen molar-refractivity contribution in [2.45, 2.75) is 39.4 Å². The Morgan fingerprint density at radius 1 is 1.25 bits per heavy atom. The van der Waals surface area contributed by atoms with Gasteiger partial charge in [0.25, 0.3) is 0 Å². The van der Waals surface area contributed by atoms with Crippen molar-refractivity contribution in [1.82, 2.24) is 19.5 Å². The lowest BCUT2D eigenvalue weighted by molar-refractivity contribution is -0.239. The number of aliphatic hydroxyl groups is 1. The van der Waals surface area contributed by atoms with E-state index in [1.54, 1.807) is 11.6 Å². The summed E-state index contributed by atoms with van der Waals surface area (Å²) in [6.07, 6.45) is 2.65. The minimum Gasteiger partial charge on any atom is -0.492 e. The number of ether oxygens (including phenoxy) is 3. The summed E-state index contributed by atoms with van der Waals surface area (Å²) < 4.78 is 19.0. The fourth-order valence-electron chi connectivity index (χ4n) is 3.65. The van der Waals surface area contributed by atoms with E-state index in [-0.39, 0.29) is 0 Å². The molecule has 0 saturated carbocycles. The van der Waals surface area contributed by atoms with Crippen LogP contribution in [0.4, 0.5) is 5.82 Å². The smallest absolute Gasteiger partial charge is 0.216 e. The maximum Gasteiger partial charge on any atom is 0.216 e. The van der Waals surface area contributed by atoms with Crippen molar-refractivity contribution in [3.63, 3.8) is 0 Å². The van der Waals surface area contributed by atoms with Gasteiger partial charge in [0, 0.05) is 38.5 Å². The van der Waals surface area contributed by atoms with Crippen molar-refractivity contribution in [3.8, 4) is 16.9 Å². The molecule has 9 nitrogen and oxygen atoms in total. The largest absolute Gasteiger partial charge is 0.492 e. The quantitative estimate of drug-likeness (QED) is 0.597. The highest BCUT2D eigenvalue weighted by molar-refractivity contribution is 5.79. The van der Waals surface area contributed by atoms with Gasteiger partial charge in [-0.25, -0.2) is 9.50 Å². The molecule has 1 aliphatic heterocycles. The second kappa shape index (κ2) is 9.41. The Hall–Kier alpha value is -2.72. The lowest BCUT2D eigenvalue weighted by Crippen LogP contribution is -2.45. The molecular weight excluding hydrogens is 410 g/mol. The number of aromatic nitrogens is 3. The highest BCUT2D eigenvalue weighted by atomic mass is 16.6. The molecule has 0 saturated heterocycles. The van der Waals surface area contributed by atoms with Crippen LogP contribution in [0.5, 0.6) is 5.75 Å². The van der Waals surface area contributed by atoms with Crippen LogP contribution in [0.15, 0.2) is 36.7 Å². The first kappa shape index (κ1) is 22.5. The van der Waals surface area contributed by atoms with Gasteiger partial charge >= 0.3 is 0 Å². The topological polar surface area (TPSA) is 93.4 Å². The molecule has 0 amide bonds. The van der Waals surface area contributed by atoms with Gasteiger partial charge in [0.15, 0.2) is 5.65 Å². The number of nitrogens with zero attached hydrogens (tertiary/aromatic N) is 4. The van der Waals surface area contributed by atoms with E-state index in [0.717, 1.165) is 33.9 Å². The highest BCUT2D eigenvalue weighted by Crippen LogP contribution is 2.30. The molecule has 0 spiro atoms. The van der Waals surface area contributed by atoms with Gasteiger partial charge in [0.1, 0.15) is 18.2 Å². The molecule has 1 aromatic carbocycles. The number of rotatable bonds is 4. The number of benzene rings is 1. The maximum atomic E-state index is 10.7. The lowest BCUT2D eigenvalue weighted by Gasteiger charge is -2.32. The number of anilines is 1. The SMILES string of the molecule is COCc1cc2cc(c1)-c1cnn3ccc(nc13)NCCN(C(O)OC(C)(C)C)CCO2. The van der Waals surface area contributed by atoms with Crippen LogP contribution in [-0.4, -0.2) is 70.0 Å². The number of methoxy groups -OCH3 is 1. The Bertz CT molecular complexity index is 1060. The predicted octanol–water partition coefficient (Wildman–Crippen LogP) is 2.74. The summed E-state index contributed by atoms with van der Waals surface area (Å²) >= 11 is 0. The zero-order chi connectivity index (χ0) is 22.7. The van der Waals surface area contributed by atoms with Crippen molar-refractivity contribution < 1.29 is 19.3 Å². The first-order chi connectivity index (χ1) is 15.3. The molecule has 3 heterocycles. The van der Waals surface area contributed by atoms with Gasteiger partial charge in [-0.1, -0.05) is 0 Å². The van der Waals surface area contributed by atoms with Crippen LogP contribution in [0.3, 0.4) is 0 Å². The van der Waals surface area contributed by atoms with Gasteiger partial charge in [-0.15, -0.1) is 0 Å². The minimum atomic E-state index is -1.04. The Kier molecular flexibility index (Phi) is 6.61. The molecule has 172 valence electrons. The molecule has 32 heavy (non-hydrogen) atoms. The summed E-state index contributed by atoms with van der Waals surface area (Å²) in [6, 6.07) is 7.90.